The van der Waals surface area contributed by atoms with E-state index in [0.29, 0.717) is 31.1 Å². The van der Waals surface area contributed by atoms with Gasteiger partial charge in [0.2, 0.25) is 5.91 Å². The summed E-state index contributed by atoms with van der Waals surface area (Å²) in [6, 6.07) is 9.61. The van der Waals surface area contributed by atoms with Crippen LogP contribution in [0.5, 0.6) is 0 Å². The Hall–Kier alpha value is -1.30. The van der Waals surface area contributed by atoms with Gasteiger partial charge in [-0.05, 0) is 37.8 Å². The highest BCUT2D eigenvalue weighted by Gasteiger charge is 2.33. The van der Waals surface area contributed by atoms with Crippen molar-refractivity contribution < 1.29 is 4.79 Å². The van der Waals surface area contributed by atoms with Crippen molar-refractivity contribution in [1.29, 1.82) is 0 Å². The monoisotopic (exact) mass is 370 g/mol. The summed E-state index contributed by atoms with van der Waals surface area (Å²) in [4.78, 5) is 16.6. The Kier molecular flexibility index (Phi) is 6.49. The number of nitrogens with zero attached hydrogens (tertiary/aromatic N) is 2. The highest BCUT2D eigenvalue weighted by Crippen LogP contribution is 2.26. The summed E-state index contributed by atoms with van der Waals surface area (Å²) in [6.45, 7) is 0.685. The van der Waals surface area contributed by atoms with Gasteiger partial charge in [0.1, 0.15) is 0 Å². The van der Waals surface area contributed by atoms with Crippen LogP contribution in [0.3, 0.4) is 0 Å². The third-order valence-corrected chi connectivity index (χ3v) is 4.95. The number of para-hydroxylation sites is 2. The molecule has 132 valence electrons. The second-order valence-corrected chi connectivity index (χ2v) is 6.55. The van der Waals surface area contributed by atoms with Crippen LogP contribution in [0.1, 0.15) is 32.1 Å². The molecule has 0 spiro atoms. The minimum atomic E-state index is 0. The topological polar surface area (TPSA) is 59.0 Å². The van der Waals surface area contributed by atoms with Crippen molar-refractivity contribution in [3.05, 3.63) is 30.6 Å². The molecule has 0 radical (unpaired) electrons. The number of carbonyl (C=O) groups excluding carboxylic acids is 1. The van der Waals surface area contributed by atoms with Crippen LogP contribution in [0.2, 0.25) is 0 Å². The van der Waals surface area contributed by atoms with Gasteiger partial charge in [0.05, 0.1) is 17.4 Å². The third-order valence-electron chi connectivity index (χ3n) is 4.95. The van der Waals surface area contributed by atoms with Crippen LogP contribution in [0.25, 0.3) is 11.0 Å². The van der Waals surface area contributed by atoms with Gasteiger partial charge in [-0.2, -0.15) is 0 Å². The molecule has 2 unspecified atom stereocenters. The minimum Gasteiger partial charge on any atom is -0.353 e. The highest BCUT2D eigenvalue weighted by atomic mass is 35.5. The molecule has 2 saturated heterocycles. The summed E-state index contributed by atoms with van der Waals surface area (Å²) in [5, 5.41) is 6.82. The first kappa shape index (κ1) is 19.0. The van der Waals surface area contributed by atoms with Gasteiger partial charge in [0.25, 0.3) is 0 Å². The van der Waals surface area contributed by atoms with Crippen LogP contribution in [0.4, 0.5) is 0 Å². The van der Waals surface area contributed by atoms with Gasteiger partial charge in [0.15, 0.2) is 0 Å². The summed E-state index contributed by atoms with van der Waals surface area (Å²) in [6.07, 6.45) is 7.02. The average Bonchev–Trinajstić information content (AvgIpc) is 3.08. The maximum absolute atomic E-state index is 12.2. The summed E-state index contributed by atoms with van der Waals surface area (Å²) in [5.74, 6) is 0.157. The number of piperidine rings is 1. The van der Waals surface area contributed by atoms with Gasteiger partial charge in [-0.1, -0.05) is 12.1 Å². The molecule has 0 aliphatic carbocycles. The minimum absolute atomic E-state index is 0. The fourth-order valence-electron chi connectivity index (χ4n) is 3.89. The summed E-state index contributed by atoms with van der Waals surface area (Å²) in [7, 11) is 0. The normalized spacial score (nSPS) is 24.9. The number of nitrogens with one attached hydrogen (secondary N) is 2. The molecule has 2 bridgehead atoms. The van der Waals surface area contributed by atoms with E-state index in [2.05, 4.69) is 20.2 Å². The molecule has 7 heteroatoms. The molecule has 2 N–H and O–H groups in total. The number of aryl methyl sites for hydroxylation is 1. The molecule has 1 aromatic heterocycles. The van der Waals surface area contributed by atoms with Crippen LogP contribution in [0, 0.1) is 0 Å². The van der Waals surface area contributed by atoms with E-state index < -0.39 is 0 Å². The standard InChI is InChI=1S/C17H22N4O.2ClH/c22-17(20-14-9-12-5-6-13(10-14)19-12)7-8-21-11-18-15-3-1-2-4-16(15)21;;/h1-4,11-14,19H,5-10H2,(H,20,22);2*1H. The van der Waals surface area contributed by atoms with E-state index in [1.165, 1.54) is 12.8 Å². The van der Waals surface area contributed by atoms with Crippen molar-refractivity contribution in [2.45, 2.75) is 56.8 Å². The first-order chi connectivity index (χ1) is 10.8. The fraction of sp³-hybridized carbons (Fsp3) is 0.529. The van der Waals surface area contributed by atoms with Crippen LogP contribution in [-0.2, 0) is 11.3 Å². The zero-order valence-electron chi connectivity index (χ0n) is 13.5. The quantitative estimate of drug-likeness (QED) is 0.869. The van der Waals surface area contributed by atoms with Gasteiger partial charge in [0, 0.05) is 31.1 Å². The lowest BCUT2D eigenvalue weighted by atomic mass is 10.00. The lowest BCUT2D eigenvalue weighted by Crippen LogP contribution is -2.48. The molecule has 1 amide bonds. The molecule has 4 rings (SSSR count). The molecule has 2 aliphatic rings. The van der Waals surface area contributed by atoms with Crippen LogP contribution < -0.4 is 10.6 Å². The predicted octanol–water partition coefficient (Wildman–Crippen LogP) is 2.67. The summed E-state index contributed by atoms with van der Waals surface area (Å²) >= 11 is 0. The lowest BCUT2D eigenvalue weighted by Gasteiger charge is -2.29. The first-order valence-corrected chi connectivity index (χ1v) is 8.23. The molecular formula is C17H24Cl2N4O. The Labute approximate surface area is 154 Å². The summed E-state index contributed by atoms with van der Waals surface area (Å²) < 4.78 is 2.06. The van der Waals surface area contributed by atoms with Crippen molar-refractivity contribution in [3.8, 4) is 0 Å². The van der Waals surface area contributed by atoms with Crippen LogP contribution in [-0.4, -0.2) is 33.6 Å². The Morgan fingerprint density at radius 1 is 1.21 bits per heavy atom. The number of hydrogen-bond donors (Lipinski definition) is 2. The average molecular weight is 371 g/mol. The number of imidazole rings is 1. The van der Waals surface area contributed by atoms with Gasteiger partial charge >= 0.3 is 0 Å². The number of carbonyl (C=O) groups is 1. The van der Waals surface area contributed by atoms with Crippen LogP contribution >= 0.6 is 24.8 Å². The second-order valence-electron chi connectivity index (χ2n) is 6.55. The van der Waals surface area contributed by atoms with E-state index >= 15 is 0 Å². The third kappa shape index (κ3) is 4.02. The lowest BCUT2D eigenvalue weighted by molar-refractivity contribution is -0.122. The van der Waals surface area contributed by atoms with Crippen molar-refractivity contribution >= 4 is 41.8 Å². The van der Waals surface area contributed by atoms with Gasteiger partial charge in [-0.3, -0.25) is 4.79 Å². The molecule has 2 aromatic rings. The molecule has 0 saturated carbocycles. The number of benzene rings is 1. The van der Waals surface area contributed by atoms with E-state index in [4.69, 9.17) is 0 Å². The number of rotatable bonds is 4. The van der Waals surface area contributed by atoms with E-state index in [1.54, 1.807) is 0 Å². The van der Waals surface area contributed by atoms with E-state index in [1.807, 2.05) is 30.6 Å². The van der Waals surface area contributed by atoms with E-state index in [9.17, 15) is 4.79 Å². The molecule has 2 fully saturated rings. The van der Waals surface area contributed by atoms with Gasteiger partial charge < -0.3 is 15.2 Å². The summed E-state index contributed by atoms with van der Waals surface area (Å²) in [5.41, 5.74) is 2.08. The largest absolute Gasteiger partial charge is 0.353 e. The number of aromatic nitrogens is 2. The van der Waals surface area contributed by atoms with Crippen LogP contribution in [0.15, 0.2) is 30.6 Å². The maximum atomic E-state index is 12.2. The number of halogens is 2. The number of fused-ring (bicyclic) bond motifs is 3. The van der Waals surface area contributed by atoms with Gasteiger partial charge in [-0.25, -0.2) is 4.98 Å². The molecule has 2 aliphatic heterocycles. The molecule has 24 heavy (non-hydrogen) atoms. The van der Waals surface area contributed by atoms with Crippen molar-refractivity contribution in [2.75, 3.05) is 0 Å². The van der Waals surface area contributed by atoms with Crippen molar-refractivity contribution in [1.82, 2.24) is 20.2 Å². The Balaban J connectivity index is 0.00000104. The number of hydrogen-bond acceptors (Lipinski definition) is 3. The Morgan fingerprint density at radius 3 is 2.67 bits per heavy atom. The molecule has 2 atom stereocenters. The SMILES string of the molecule is Cl.Cl.O=C(CCn1cnc2ccccc21)NC1CC2CCC(C1)N2. The molecule has 1 aromatic carbocycles. The Bertz CT molecular complexity index is 678. The Morgan fingerprint density at radius 2 is 1.92 bits per heavy atom. The maximum Gasteiger partial charge on any atom is 0.222 e. The molecule has 3 heterocycles. The van der Waals surface area contributed by atoms with E-state index in [0.717, 1.165) is 23.9 Å². The van der Waals surface area contributed by atoms with Crippen molar-refractivity contribution in [3.63, 3.8) is 0 Å². The smallest absolute Gasteiger partial charge is 0.222 e. The zero-order valence-corrected chi connectivity index (χ0v) is 15.1. The molecular weight excluding hydrogens is 347 g/mol. The first-order valence-electron chi connectivity index (χ1n) is 8.23. The van der Waals surface area contributed by atoms with E-state index in [-0.39, 0.29) is 30.7 Å². The number of amides is 1. The predicted molar refractivity (Wildman–Crippen MR) is 100.0 cm³/mol. The highest BCUT2D eigenvalue weighted by molar-refractivity contribution is 5.85. The second kappa shape index (κ2) is 8.19. The fourth-order valence-corrected chi connectivity index (χ4v) is 3.89. The van der Waals surface area contributed by atoms with Crippen molar-refractivity contribution in [2.24, 2.45) is 0 Å². The molecule has 5 nitrogen and oxygen atoms in total. The van der Waals surface area contributed by atoms with Gasteiger partial charge in [-0.15, -0.1) is 24.8 Å². The zero-order chi connectivity index (χ0) is 14.9.